The molecular formula is C29H31ClN2O3S. The van der Waals surface area contributed by atoms with E-state index in [9.17, 15) is 13.5 Å². The van der Waals surface area contributed by atoms with Crippen molar-refractivity contribution in [1.29, 1.82) is 0 Å². The van der Waals surface area contributed by atoms with Crippen molar-refractivity contribution in [3.63, 3.8) is 0 Å². The van der Waals surface area contributed by atoms with E-state index in [2.05, 4.69) is 35.2 Å². The maximum atomic E-state index is 13.6. The molecule has 1 saturated heterocycles. The molecule has 0 saturated carbocycles. The maximum absolute atomic E-state index is 13.6. The van der Waals surface area contributed by atoms with Crippen LogP contribution in [-0.2, 0) is 10.0 Å². The summed E-state index contributed by atoms with van der Waals surface area (Å²) in [5.41, 5.74) is 5.07. The highest BCUT2D eigenvalue weighted by molar-refractivity contribution is 7.89. The zero-order valence-corrected chi connectivity index (χ0v) is 22.1. The fraction of sp³-hybridized carbons (Fsp3) is 0.310. The minimum absolute atomic E-state index is 0.0225. The third-order valence-electron chi connectivity index (χ3n) is 7.64. The van der Waals surface area contributed by atoms with Gasteiger partial charge in [-0.15, -0.1) is 0 Å². The minimum atomic E-state index is -3.66. The Hall–Kier alpha value is -2.48. The molecule has 2 aliphatic heterocycles. The highest BCUT2D eigenvalue weighted by Gasteiger charge is 2.49. The molecule has 0 amide bonds. The van der Waals surface area contributed by atoms with Gasteiger partial charge in [0.05, 0.1) is 11.5 Å². The van der Waals surface area contributed by atoms with Crippen LogP contribution in [0.15, 0.2) is 83.8 Å². The van der Waals surface area contributed by atoms with Crippen LogP contribution >= 0.6 is 11.6 Å². The fourth-order valence-electron chi connectivity index (χ4n) is 5.62. The number of nitrogens with zero attached hydrogens (tertiary/aromatic N) is 2. The second-order valence-corrected chi connectivity index (χ2v) is 11.9. The van der Waals surface area contributed by atoms with Crippen molar-refractivity contribution in [2.75, 3.05) is 26.2 Å². The Bertz CT molecular complexity index is 1390. The lowest BCUT2D eigenvalue weighted by Gasteiger charge is -2.56. The van der Waals surface area contributed by atoms with Crippen LogP contribution in [0.1, 0.15) is 22.6 Å². The van der Waals surface area contributed by atoms with Gasteiger partial charge in [0, 0.05) is 42.7 Å². The number of aliphatic hydroxyl groups excluding tert-OH is 1. The van der Waals surface area contributed by atoms with Gasteiger partial charge in [0.1, 0.15) is 0 Å². The predicted octanol–water partition coefficient (Wildman–Crippen LogP) is 5.01. The van der Waals surface area contributed by atoms with E-state index in [-0.39, 0.29) is 24.6 Å². The highest BCUT2D eigenvalue weighted by Crippen LogP contribution is 2.42. The Kier molecular flexibility index (Phi) is 7.07. The average Bonchev–Trinajstić information content (AvgIpc) is 2.85. The van der Waals surface area contributed by atoms with Gasteiger partial charge in [-0.3, -0.25) is 4.90 Å². The first-order chi connectivity index (χ1) is 17.3. The van der Waals surface area contributed by atoms with Crippen LogP contribution in [-0.4, -0.2) is 61.1 Å². The van der Waals surface area contributed by atoms with Gasteiger partial charge in [-0.2, -0.15) is 4.31 Å². The van der Waals surface area contributed by atoms with Crippen molar-refractivity contribution < 1.29 is 13.5 Å². The van der Waals surface area contributed by atoms with Gasteiger partial charge in [0.15, 0.2) is 0 Å². The third-order valence-corrected chi connectivity index (χ3v) is 10.0. The summed E-state index contributed by atoms with van der Waals surface area (Å²) in [5, 5.41) is 11.0. The largest absolute Gasteiger partial charge is 0.395 e. The van der Waals surface area contributed by atoms with Crippen LogP contribution in [0, 0.1) is 13.8 Å². The van der Waals surface area contributed by atoms with Gasteiger partial charge in [-0.05, 0) is 53.8 Å². The molecular weight excluding hydrogens is 492 g/mol. The lowest BCUT2D eigenvalue weighted by Crippen LogP contribution is -2.67. The normalized spacial score (nSPS) is 23.8. The molecule has 3 aromatic rings. The van der Waals surface area contributed by atoms with Gasteiger partial charge in [-0.25, -0.2) is 8.42 Å². The van der Waals surface area contributed by atoms with Crippen molar-refractivity contribution in [3.8, 4) is 11.1 Å². The highest BCUT2D eigenvalue weighted by atomic mass is 35.5. The van der Waals surface area contributed by atoms with E-state index in [0.717, 1.165) is 32.8 Å². The van der Waals surface area contributed by atoms with Crippen molar-refractivity contribution in [1.82, 2.24) is 9.21 Å². The molecule has 188 valence electrons. The first kappa shape index (κ1) is 25.2. The first-order valence-corrected chi connectivity index (χ1v) is 14.1. The van der Waals surface area contributed by atoms with Gasteiger partial charge >= 0.3 is 0 Å². The molecule has 0 aromatic heterocycles. The van der Waals surface area contributed by atoms with Crippen LogP contribution in [0.2, 0.25) is 5.02 Å². The number of rotatable bonds is 5. The Balaban J connectivity index is 1.45. The maximum Gasteiger partial charge on any atom is 0.243 e. The third kappa shape index (κ3) is 4.42. The van der Waals surface area contributed by atoms with Crippen LogP contribution in [0.4, 0.5) is 0 Å². The van der Waals surface area contributed by atoms with Crippen LogP contribution in [0.25, 0.3) is 11.1 Å². The predicted molar refractivity (Wildman–Crippen MR) is 145 cm³/mol. The number of fused-ring (bicyclic) bond motifs is 1. The topological polar surface area (TPSA) is 60.9 Å². The van der Waals surface area contributed by atoms with Crippen molar-refractivity contribution in [2.24, 2.45) is 0 Å². The minimum Gasteiger partial charge on any atom is -0.395 e. The smallest absolute Gasteiger partial charge is 0.243 e. The summed E-state index contributed by atoms with van der Waals surface area (Å²) in [6.07, 6.45) is 3.92. The summed E-state index contributed by atoms with van der Waals surface area (Å²) in [4.78, 5) is 2.57. The molecule has 2 aliphatic rings. The van der Waals surface area contributed by atoms with E-state index in [1.54, 1.807) is 16.4 Å². The number of aliphatic hydroxyl groups is 1. The molecule has 7 heteroatoms. The molecule has 5 nitrogen and oxygen atoms in total. The molecule has 3 aromatic carbocycles. The van der Waals surface area contributed by atoms with Gasteiger partial charge in [0.25, 0.3) is 0 Å². The zero-order valence-electron chi connectivity index (χ0n) is 20.5. The molecule has 36 heavy (non-hydrogen) atoms. The van der Waals surface area contributed by atoms with Gasteiger partial charge in [-0.1, -0.05) is 78.4 Å². The average molecular weight is 523 g/mol. The second kappa shape index (κ2) is 10.1. The molecule has 0 bridgehead atoms. The molecule has 0 unspecified atom stereocenters. The summed E-state index contributed by atoms with van der Waals surface area (Å²) in [5.74, 6) is 0.0329. The van der Waals surface area contributed by atoms with E-state index in [4.69, 9.17) is 11.6 Å². The quantitative estimate of drug-likeness (QED) is 0.478. The van der Waals surface area contributed by atoms with Crippen LogP contribution in [0.3, 0.4) is 0 Å². The fourth-order valence-corrected chi connectivity index (χ4v) is 7.43. The Morgan fingerprint density at radius 3 is 2.39 bits per heavy atom. The lowest BCUT2D eigenvalue weighted by atomic mass is 9.74. The lowest BCUT2D eigenvalue weighted by molar-refractivity contribution is -0.0415. The number of hydrogen-bond acceptors (Lipinski definition) is 4. The molecule has 1 fully saturated rings. The zero-order chi connectivity index (χ0) is 25.4. The SMILES string of the molecule is Cc1ccccc1S(=O)(=O)N1C/C=C\CN2[C@H](CO)[C@@H](c3ccc(-c4cccc(Cl)c4C)cc3)[C@@H]2C1. The number of aryl methyl sites for hydroxylation is 1. The Labute approximate surface area is 218 Å². The van der Waals surface area contributed by atoms with E-state index >= 15 is 0 Å². The number of sulfonamides is 1. The number of benzene rings is 3. The molecule has 1 N–H and O–H groups in total. The van der Waals surface area contributed by atoms with E-state index in [1.165, 1.54) is 0 Å². The van der Waals surface area contributed by atoms with Gasteiger partial charge < -0.3 is 5.11 Å². The standard InChI is InChI=1S/C29H31ClN2O3S/c1-20-8-3-4-11-28(20)36(34,35)31-16-5-6-17-32-26(18-31)29(27(32)19-33)23-14-12-22(13-15-23)24-9-7-10-25(30)21(24)2/h3-15,26-27,29,33H,16-19H2,1-2H3/b6-5-/t26-,27+,29-/m0/s1. The monoisotopic (exact) mass is 522 g/mol. The van der Waals surface area contributed by atoms with E-state index in [1.807, 2.05) is 50.3 Å². The second-order valence-electron chi connectivity index (χ2n) is 9.63. The molecule has 2 heterocycles. The van der Waals surface area contributed by atoms with E-state index in [0.29, 0.717) is 24.5 Å². The van der Waals surface area contributed by atoms with Crippen molar-refractivity contribution >= 4 is 21.6 Å². The van der Waals surface area contributed by atoms with Crippen LogP contribution in [0.5, 0.6) is 0 Å². The van der Waals surface area contributed by atoms with E-state index < -0.39 is 10.0 Å². The van der Waals surface area contributed by atoms with Gasteiger partial charge in [0.2, 0.25) is 10.0 Å². The Morgan fingerprint density at radius 1 is 0.944 bits per heavy atom. The van der Waals surface area contributed by atoms with Crippen LogP contribution < -0.4 is 0 Å². The summed E-state index contributed by atoms with van der Waals surface area (Å²) in [6, 6.07) is 21.4. The summed E-state index contributed by atoms with van der Waals surface area (Å²) in [6.45, 7) is 5.28. The summed E-state index contributed by atoms with van der Waals surface area (Å²) in [7, 11) is -3.66. The molecule has 0 radical (unpaired) electrons. The first-order valence-electron chi connectivity index (χ1n) is 12.3. The molecule has 5 rings (SSSR count). The van der Waals surface area contributed by atoms with Crippen molar-refractivity contribution in [3.05, 3.63) is 101 Å². The summed E-state index contributed by atoms with van der Waals surface area (Å²) < 4.78 is 28.8. The number of halogens is 1. The van der Waals surface area contributed by atoms with Crippen molar-refractivity contribution in [2.45, 2.75) is 36.7 Å². The molecule has 3 atom stereocenters. The molecule has 0 spiro atoms. The number of hydrogen-bond donors (Lipinski definition) is 1. The Morgan fingerprint density at radius 2 is 1.67 bits per heavy atom. The summed E-state index contributed by atoms with van der Waals surface area (Å²) >= 11 is 6.33. The molecule has 0 aliphatic carbocycles.